The molecule has 1 saturated heterocycles. The maximum absolute atomic E-state index is 12.9. The molecule has 0 bridgehead atoms. The third kappa shape index (κ3) is 4.39. The molecule has 0 saturated carbocycles. The first kappa shape index (κ1) is 19.6. The van der Waals surface area contributed by atoms with Gasteiger partial charge < -0.3 is 19.4 Å². The van der Waals surface area contributed by atoms with E-state index in [9.17, 15) is 9.59 Å². The van der Waals surface area contributed by atoms with Crippen molar-refractivity contribution in [1.29, 1.82) is 0 Å². The van der Waals surface area contributed by atoms with Gasteiger partial charge in [-0.3, -0.25) is 4.79 Å². The topological polar surface area (TPSA) is 78.9 Å². The van der Waals surface area contributed by atoms with Gasteiger partial charge in [-0.1, -0.05) is 18.2 Å². The number of piperazine rings is 1. The smallest absolute Gasteiger partial charge is 0.409 e. The largest absolute Gasteiger partial charge is 0.450 e. The Morgan fingerprint density at radius 2 is 1.71 bits per heavy atom. The minimum atomic E-state index is -0.334. The zero-order valence-corrected chi connectivity index (χ0v) is 16.5. The average Bonchev–Trinajstić information content (AvgIpc) is 2.73. The summed E-state index contributed by atoms with van der Waals surface area (Å²) >= 11 is 0. The van der Waals surface area contributed by atoms with E-state index >= 15 is 0 Å². The first-order valence-corrected chi connectivity index (χ1v) is 9.35. The fraction of sp³-hybridized carbons (Fsp3) is 0.400. The molecule has 1 aromatic heterocycles. The summed E-state index contributed by atoms with van der Waals surface area (Å²) < 4.78 is 5.02. The van der Waals surface area contributed by atoms with Gasteiger partial charge in [0.1, 0.15) is 5.69 Å². The molecule has 0 aliphatic carbocycles. The number of hydrogen-bond acceptors (Lipinski definition) is 6. The highest BCUT2D eigenvalue weighted by molar-refractivity contribution is 5.93. The Balaban J connectivity index is 1.73. The van der Waals surface area contributed by atoms with Crippen molar-refractivity contribution in [2.45, 2.75) is 13.8 Å². The molecule has 3 rings (SSSR count). The van der Waals surface area contributed by atoms with Gasteiger partial charge in [0, 0.05) is 44.6 Å². The fourth-order valence-corrected chi connectivity index (χ4v) is 3.05. The van der Waals surface area contributed by atoms with Crippen LogP contribution in [0.4, 0.5) is 16.4 Å². The van der Waals surface area contributed by atoms with Crippen LogP contribution in [0.15, 0.2) is 36.4 Å². The van der Waals surface area contributed by atoms with Crippen LogP contribution in [0.25, 0.3) is 0 Å². The number of anilines is 2. The summed E-state index contributed by atoms with van der Waals surface area (Å²) in [4.78, 5) is 38.9. The first-order chi connectivity index (χ1) is 13.5. The van der Waals surface area contributed by atoms with Crippen LogP contribution in [0.2, 0.25) is 0 Å². The lowest BCUT2D eigenvalue weighted by Gasteiger charge is -2.34. The molecule has 1 aromatic carbocycles. The molecule has 0 radical (unpaired) electrons. The van der Waals surface area contributed by atoms with Crippen molar-refractivity contribution in [3.8, 4) is 0 Å². The van der Waals surface area contributed by atoms with Crippen molar-refractivity contribution in [3.63, 3.8) is 0 Å². The van der Waals surface area contributed by atoms with E-state index in [-0.39, 0.29) is 12.0 Å². The monoisotopic (exact) mass is 383 g/mol. The first-order valence-electron chi connectivity index (χ1n) is 9.35. The van der Waals surface area contributed by atoms with Crippen LogP contribution in [-0.4, -0.2) is 71.6 Å². The van der Waals surface area contributed by atoms with Crippen molar-refractivity contribution in [2.75, 3.05) is 44.7 Å². The molecular formula is C20H25N5O3. The molecule has 1 aliphatic heterocycles. The van der Waals surface area contributed by atoms with E-state index in [0.29, 0.717) is 44.4 Å². The van der Waals surface area contributed by atoms with Crippen molar-refractivity contribution in [2.24, 2.45) is 0 Å². The van der Waals surface area contributed by atoms with Crippen LogP contribution in [-0.2, 0) is 4.74 Å². The lowest BCUT2D eigenvalue weighted by molar-refractivity contribution is 0.0566. The minimum Gasteiger partial charge on any atom is -0.450 e. The summed E-state index contributed by atoms with van der Waals surface area (Å²) in [6.45, 7) is 5.76. The van der Waals surface area contributed by atoms with Crippen LogP contribution in [0.1, 0.15) is 23.1 Å². The molecule has 0 unspecified atom stereocenters. The summed E-state index contributed by atoms with van der Waals surface area (Å²) in [5.74, 6) is 0.316. The van der Waals surface area contributed by atoms with E-state index in [1.165, 1.54) is 0 Å². The molecule has 148 valence electrons. The number of carbonyl (C=O) groups excluding carboxylic acids is 2. The Hall–Kier alpha value is -3.16. The number of ether oxygens (including phenoxy) is 1. The summed E-state index contributed by atoms with van der Waals surface area (Å²) in [5.41, 5.74) is 2.02. The quantitative estimate of drug-likeness (QED) is 0.807. The van der Waals surface area contributed by atoms with Gasteiger partial charge in [-0.2, -0.15) is 0 Å². The highest BCUT2D eigenvalue weighted by Crippen LogP contribution is 2.20. The lowest BCUT2D eigenvalue weighted by Crippen LogP contribution is -2.50. The van der Waals surface area contributed by atoms with Crippen molar-refractivity contribution in [3.05, 3.63) is 47.8 Å². The second-order valence-corrected chi connectivity index (χ2v) is 6.57. The van der Waals surface area contributed by atoms with Crippen LogP contribution >= 0.6 is 0 Å². The number of nitrogens with zero attached hydrogens (tertiary/aromatic N) is 5. The zero-order valence-electron chi connectivity index (χ0n) is 16.5. The predicted molar refractivity (Wildman–Crippen MR) is 106 cm³/mol. The van der Waals surface area contributed by atoms with Gasteiger partial charge in [0.25, 0.3) is 5.91 Å². The molecule has 1 aliphatic rings. The number of hydrogen-bond donors (Lipinski definition) is 0. The molecule has 2 aromatic rings. The van der Waals surface area contributed by atoms with E-state index in [4.69, 9.17) is 4.74 Å². The Labute approximate surface area is 164 Å². The number of amides is 2. The third-order valence-electron chi connectivity index (χ3n) is 4.60. The van der Waals surface area contributed by atoms with E-state index in [0.717, 1.165) is 11.4 Å². The maximum atomic E-state index is 12.9. The highest BCUT2D eigenvalue weighted by Gasteiger charge is 2.26. The molecule has 0 atom stereocenters. The summed E-state index contributed by atoms with van der Waals surface area (Å²) in [7, 11) is 1.87. The molecule has 8 nitrogen and oxygen atoms in total. The summed E-state index contributed by atoms with van der Waals surface area (Å²) in [6, 6.07) is 11.4. The van der Waals surface area contributed by atoms with Gasteiger partial charge in [0.2, 0.25) is 5.95 Å². The third-order valence-corrected chi connectivity index (χ3v) is 4.60. The fourth-order valence-electron chi connectivity index (χ4n) is 3.05. The second-order valence-electron chi connectivity index (χ2n) is 6.57. The molecule has 8 heteroatoms. The van der Waals surface area contributed by atoms with E-state index in [1.54, 1.807) is 22.8 Å². The van der Waals surface area contributed by atoms with Gasteiger partial charge >= 0.3 is 6.09 Å². The van der Waals surface area contributed by atoms with Gasteiger partial charge in [0.05, 0.1) is 6.61 Å². The van der Waals surface area contributed by atoms with E-state index < -0.39 is 0 Å². The molecule has 1 fully saturated rings. The Bertz CT molecular complexity index is 835. The summed E-state index contributed by atoms with van der Waals surface area (Å²) in [5, 5.41) is 0. The van der Waals surface area contributed by atoms with Crippen molar-refractivity contribution >= 4 is 23.6 Å². The van der Waals surface area contributed by atoms with Crippen LogP contribution < -0.4 is 4.90 Å². The average molecular weight is 383 g/mol. The summed E-state index contributed by atoms with van der Waals surface area (Å²) in [6.07, 6.45) is -0.334. The number of aryl methyl sites for hydroxylation is 1. The number of aromatic nitrogens is 2. The Morgan fingerprint density at radius 3 is 2.36 bits per heavy atom. The minimum absolute atomic E-state index is 0.156. The highest BCUT2D eigenvalue weighted by atomic mass is 16.6. The number of rotatable bonds is 4. The van der Waals surface area contributed by atoms with Crippen LogP contribution in [0, 0.1) is 6.92 Å². The van der Waals surface area contributed by atoms with Crippen molar-refractivity contribution in [1.82, 2.24) is 19.8 Å². The zero-order chi connectivity index (χ0) is 20.1. The molecule has 28 heavy (non-hydrogen) atoms. The van der Waals surface area contributed by atoms with E-state index in [1.807, 2.05) is 49.2 Å². The Morgan fingerprint density at radius 1 is 1.07 bits per heavy atom. The Kier molecular flexibility index (Phi) is 6.08. The lowest BCUT2D eigenvalue weighted by atomic mass is 10.2. The van der Waals surface area contributed by atoms with E-state index in [2.05, 4.69) is 9.97 Å². The van der Waals surface area contributed by atoms with Crippen LogP contribution in [0.5, 0.6) is 0 Å². The molecule has 2 heterocycles. The maximum Gasteiger partial charge on any atom is 0.409 e. The molecule has 0 N–H and O–H groups in total. The van der Waals surface area contributed by atoms with Gasteiger partial charge in [0.15, 0.2) is 0 Å². The number of carbonyl (C=O) groups is 2. The van der Waals surface area contributed by atoms with Crippen LogP contribution in [0.3, 0.4) is 0 Å². The normalized spacial score (nSPS) is 14.0. The van der Waals surface area contributed by atoms with Gasteiger partial charge in [-0.25, -0.2) is 14.8 Å². The standard InChI is InChI=1S/C20H25N5O3/c1-4-28-20(27)25-12-10-24(11-13-25)18(26)17-14-15(2)21-19(22-17)23(3)16-8-6-5-7-9-16/h5-9,14H,4,10-13H2,1-3H3. The molecule has 0 spiro atoms. The van der Waals surface area contributed by atoms with Gasteiger partial charge in [-0.05, 0) is 32.0 Å². The number of para-hydroxylation sites is 1. The second kappa shape index (κ2) is 8.69. The predicted octanol–water partition coefficient (Wildman–Crippen LogP) is 2.47. The number of benzene rings is 1. The molecular weight excluding hydrogens is 358 g/mol. The van der Waals surface area contributed by atoms with Gasteiger partial charge in [-0.15, -0.1) is 0 Å². The SMILES string of the molecule is CCOC(=O)N1CCN(C(=O)c2cc(C)nc(N(C)c3ccccc3)n2)CC1. The molecule has 2 amide bonds. The van der Waals surface area contributed by atoms with Crippen molar-refractivity contribution < 1.29 is 14.3 Å².